The molecule has 0 saturated heterocycles. The fourth-order valence-corrected chi connectivity index (χ4v) is 1.69. The lowest BCUT2D eigenvalue weighted by Gasteiger charge is -2.07. The zero-order chi connectivity index (χ0) is 16.8. The molecule has 8 heteroatoms. The van der Waals surface area contributed by atoms with E-state index in [0.717, 1.165) is 18.2 Å². The molecule has 0 amide bonds. The molecule has 0 aliphatic rings. The van der Waals surface area contributed by atoms with Gasteiger partial charge in [0.1, 0.15) is 17.3 Å². The number of hydrogen-bond acceptors (Lipinski definition) is 6. The van der Waals surface area contributed by atoms with Crippen LogP contribution in [0.5, 0.6) is 17.2 Å². The van der Waals surface area contributed by atoms with Crippen LogP contribution in [-0.2, 0) is 4.79 Å². The lowest BCUT2D eigenvalue weighted by atomic mass is 10.3. The SMILES string of the molecule is COc1ccc(OCC(=O)Oc2cc(F)ccc2[N+](=O)[O-])cc1. The first kappa shape index (κ1) is 16.2. The van der Waals surface area contributed by atoms with Crippen LogP contribution >= 0.6 is 0 Å². The minimum Gasteiger partial charge on any atom is -0.497 e. The lowest BCUT2D eigenvalue weighted by Crippen LogP contribution is -2.18. The van der Waals surface area contributed by atoms with Gasteiger partial charge in [-0.2, -0.15) is 0 Å². The number of hydrogen-bond donors (Lipinski definition) is 0. The normalized spacial score (nSPS) is 10.0. The van der Waals surface area contributed by atoms with E-state index in [1.807, 2.05) is 0 Å². The van der Waals surface area contributed by atoms with Crippen molar-refractivity contribution < 1.29 is 28.3 Å². The number of carbonyl (C=O) groups is 1. The smallest absolute Gasteiger partial charge is 0.349 e. The van der Waals surface area contributed by atoms with Gasteiger partial charge in [-0.3, -0.25) is 10.1 Å². The van der Waals surface area contributed by atoms with Crippen LogP contribution < -0.4 is 14.2 Å². The molecular formula is C15H12FNO6. The Morgan fingerprint density at radius 3 is 2.43 bits per heavy atom. The monoisotopic (exact) mass is 321 g/mol. The molecule has 0 aromatic heterocycles. The van der Waals surface area contributed by atoms with Crippen LogP contribution in [0.2, 0.25) is 0 Å². The Balaban J connectivity index is 1.99. The zero-order valence-corrected chi connectivity index (χ0v) is 12.0. The van der Waals surface area contributed by atoms with E-state index in [-0.39, 0.29) is 0 Å². The molecule has 2 aromatic carbocycles. The number of halogens is 1. The van der Waals surface area contributed by atoms with E-state index in [1.165, 1.54) is 7.11 Å². The summed E-state index contributed by atoms with van der Waals surface area (Å²) in [6.07, 6.45) is 0. The summed E-state index contributed by atoms with van der Waals surface area (Å²) < 4.78 is 28.1. The number of benzene rings is 2. The third-order valence-corrected chi connectivity index (χ3v) is 2.76. The van der Waals surface area contributed by atoms with Crippen molar-refractivity contribution in [3.8, 4) is 17.2 Å². The van der Waals surface area contributed by atoms with Crippen LogP contribution in [0, 0.1) is 15.9 Å². The third-order valence-electron chi connectivity index (χ3n) is 2.76. The molecule has 0 heterocycles. The van der Waals surface area contributed by atoms with Gasteiger partial charge in [0, 0.05) is 12.1 Å². The molecule has 0 fully saturated rings. The molecular weight excluding hydrogens is 309 g/mol. The largest absolute Gasteiger partial charge is 0.497 e. The van der Waals surface area contributed by atoms with Crippen LogP contribution in [-0.4, -0.2) is 24.6 Å². The maximum absolute atomic E-state index is 13.1. The van der Waals surface area contributed by atoms with E-state index in [1.54, 1.807) is 24.3 Å². The van der Waals surface area contributed by atoms with Gasteiger partial charge in [0.05, 0.1) is 12.0 Å². The molecule has 0 unspecified atom stereocenters. The van der Waals surface area contributed by atoms with Gasteiger partial charge < -0.3 is 14.2 Å². The van der Waals surface area contributed by atoms with Crippen molar-refractivity contribution in [2.75, 3.05) is 13.7 Å². The number of nitrogens with zero attached hydrogens (tertiary/aromatic N) is 1. The van der Waals surface area contributed by atoms with Gasteiger partial charge in [0.25, 0.3) is 0 Å². The lowest BCUT2D eigenvalue weighted by molar-refractivity contribution is -0.385. The summed E-state index contributed by atoms with van der Waals surface area (Å²) in [6, 6.07) is 9.03. The van der Waals surface area contributed by atoms with Crippen molar-refractivity contribution in [3.63, 3.8) is 0 Å². The molecule has 0 atom stereocenters. The van der Waals surface area contributed by atoms with Crippen molar-refractivity contribution in [3.05, 3.63) is 58.4 Å². The van der Waals surface area contributed by atoms with E-state index >= 15 is 0 Å². The molecule has 0 saturated carbocycles. The second-order valence-corrected chi connectivity index (χ2v) is 4.31. The molecule has 0 aliphatic carbocycles. The van der Waals surface area contributed by atoms with Gasteiger partial charge in [-0.1, -0.05) is 0 Å². The fraction of sp³-hybridized carbons (Fsp3) is 0.133. The number of ether oxygens (including phenoxy) is 3. The van der Waals surface area contributed by atoms with Crippen molar-refractivity contribution in [1.29, 1.82) is 0 Å². The number of carbonyl (C=O) groups excluding carboxylic acids is 1. The summed E-state index contributed by atoms with van der Waals surface area (Å²) >= 11 is 0. The molecule has 2 rings (SSSR count). The van der Waals surface area contributed by atoms with Gasteiger partial charge in [0.2, 0.25) is 5.75 Å². The summed E-state index contributed by atoms with van der Waals surface area (Å²) in [5.41, 5.74) is -0.510. The predicted molar refractivity (Wildman–Crippen MR) is 77.2 cm³/mol. The molecule has 120 valence electrons. The van der Waals surface area contributed by atoms with Crippen molar-refractivity contribution in [2.45, 2.75) is 0 Å². The molecule has 2 aromatic rings. The van der Waals surface area contributed by atoms with Crippen molar-refractivity contribution in [1.82, 2.24) is 0 Å². The second-order valence-electron chi connectivity index (χ2n) is 4.31. The van der Waals surface area contributed by atoms with E-state index in [0.29, 0.717) is 11.5 Å². The average molecular weight is 321 g/mol. The Hall–Kier alpha value is -3.16. The summed E-state index contributed by atoms with van der Waals surface area (Å²) in [5.74, 6) is -1.12. The number of esters is 1. The third kappa shape index (κ3) is 4.40. The van der Waals surface area contributed by atoms with E-state index in [9.17, 15) is 19.3 Å². The van der Waals surface area contributed by atoms with Crippen LogP contribution in [0.3, 0.4) is 0 Å². The Kier molecular flexibility index (Phi) is 5.08. The number of nitro benzene ring substituents is 1. The first-order valence-corrected chi connectivity index (χ1v) is 6.41. The summed E-state index contributed by atoms with van der Waals surface area (Å²) in [6.45, 7) is -0.486. The first-order chi connectivity index (χ1) is 11.0. The van der Waals surface area contributed by atoms with Crippen molar-refractivity contribution in [2.24, 2.45) is 0 Å². The van der Waals surface area contributed by atoms with Crippen molar-refractivity contribution >= 4 is 11.7 Å². The Labute approximate surface area is 130 Å². The van der Waals surface area contributed by atoms with Crippen LogP contribution in [0.1, 0.15) is 0 Å². The number of nitro groups is 1. The van der Waals surface area contributed by atoms with E-state index in [2.05, 4.69) is 0 Å². The molecule has 0 spiro atoms. The quantitative estimate of drug-likeness (QED) is 0.352. The highest BCUT2D eigenvalue weighted by Crippen LogP contribution is 2.27. The fourth-order valence-electron chi connectivity index (χ4n) is 1.69. The average Bonchev–Trinajstić information content (AvgIpc) is 2.53. The van der Waals surface area contributed by atoms with Crippen LogP contribution in [0.4, 0.5) is 10.1 Å². The first-order valence-electron chi connectivity index (χ1n) is 6.41. The van der Waals surface area contributed by atoms with Gasteiger partial charge in [-0.25, -0.2) is 9.18 Å². The molecule has 0 bridgehead atoms. The topological polar surface area (TPSA) is 87.9 Å². The van der Waals surface area contributed by atoms with Gasteiger partial charge >= 0.3 is 11.7 Å². The molecule has 0 aliphatic heterocycles. The Morgan fingerprint density at radius 2 is 1.83 bits per heavy atom. The zero-order valence-electron chi connectivity index (χ0n) is 12.0. The number of rotatable bonds is 6. The predicted octanol–water partition coefficient (Wildman–Crippen LogP) is 2.73. The molecule has 0 radical (unpaired) electrons. The maximum atomic E-state index is 13.1. The highest BCUT2D eigenvalue weighted by molar-refractivity contribution is 5.75. The second kappa shape index (κ2) is 7.21. The minimum absolute atomic E-state index is 0.386. The van der Waals surface area contributed by atoms with Crippen LogP contribution in [0.15, 0.2) is 42.5 Å². The Morgan fingerprint density at radius 1 is 1.17 bits per heavy atom. The minimum atomic E-state index is -0.894. The summed E-state index contributed by atoms with van der Waals surface area (Å²) in [5, 5.41) is 10.8. The molecule has 0 N–H and O–H groups in total. The summed E-state index contributed by atoms with van der Waals surface area (Å²) in [7, 11) is 1.51. The van der Waals surface area contributed by atoms with Gasteiger partial charge in [0.15, 0.2) is 6.61 Å². The highest BCUT2D eigenvalue weighted by atomic mass is 19.1. The standard InChI is InChI=1S/C15H12FNO6/c1-21-11-3-5-12(6-4-11)22-9-15(18)23-14-8-10(16)2-7-13(14)17(19)20/h2-8H,9H2,1H3. The molecule has 7 nitrogen and oxygen atoms in total. The van der Waals surface area contributed by atoms with Crippen LogP contribution in [0.25, 0.3) is 0 Å². The van der Waals surface area contributed by atoms with Gasteiger partial charge in [-0.05, 0) is 30.3 Å². The van der Waals surface area contributed by atoms with E-state index in [4.69, 9.17) is 14.2 Å². The van der Waals surface area contributed by atoms with E-state index < -0.39 is 34.8 Å². The van der Waals surface area contributed by atoms with Gasteiger partial charge in [-0.15, -0.1) is 0 Å². The number of methoxy groups -OCH3 is 1. The molecule has 23 heavy (non-hydrogen) atoms. The highest BCUT2D eigenvalue weighted by Gasteiger charge is 2.19. The Bertz CT molecular complexity index is 716. The maximum Gasteiger partial charge on any atom is 0.349 e. The summed E-state index contributed by atoms with van der Waals surface area (Å²) in [4.78, 5) is 21.7.